The molecule has 0 unspecified atom stereocenters. The van der Waals surface area contributed by atoms with Crippen LogP contribution >= 0.6 is 11.6 Å². The second kappa shape index (κ2) is 4.99. The largest absolute Gasteiger partial charge is 0.324 e. The Labute approximate surface area is 89.3 Å². The average molecular weight is 209 g/mol. The Bertz CT molecular complexity index is 355. The molecule has 0 aliphatic heterocycles. The van der Waals surface area contributed by atoms with Crippen LogP contribution in [-0.2, 0) is 0 Å². The Kier molecular flexibility index (Phi) is 3.94. The van der Waals surface area contributed by atoms with E-state index in [1.807, 2.05) is 12.1 Å². The van der Waals surface area contributed by atoms with E-state index in [9.17, 15) is 0 Å². The van der Waals surface area contributed by atoms with Crippen molar-refractivity contribution in [3.8, 4) is 6.07 Å². The molecule has 2 nitrogen and oxygen atoms in total. The normalized spacial score (nSPS) is 12.1. The predicted octanol–water partition coefficient (Wildman–Crippen LogP) is 3.01. The number of hydrogen-bond donors (Lipinski definition) is 1. The molecule has 0 spiro atoms. The van der Waals surface area contributed by atoms with Gasteiger partial charge in [0.15, 0.2) is 0 Å². The minimum Gasteiger partial charge on any atom is -0.324 e. The first kappa shape index (κ1) is 11.0. The van der Waals surface area contributed by atoms with Gasteiger partial charge in [0.05, 0.1) is 10.6 Å². The van der Waals surface area contributed by atoms with Gasteiger partial charge in [-0.25, -0.2) is 0 Å². The lowest BCUT2D eigenvalue weighted by molar-refractivity contribution is 0.638. The van der Waals surface area contributed by atoms with Crippen LogP contribution in [0.2, 0.25) is 5.02 Å². The van der Waals surface area contributed by atoms with Crippen LogP contribution in [0.4, 0.5) is 0 Å². The third kappa shape index (κ3) is 2.47. The van der Waals surface area contributed by atoms with Gasteiger partial charge in [-0.3, -0.25) is 0 Å². The SMILES string of the molecule is CCC[C@@H](N)c1ccc(Cl)c(C#N)c1. The molecule has 14 heavy (non-hydrogen) atoms. The molecule has 0 aromatic heterocycles. The summed E-state index contributed by atoms with van der Waals surface area (Å²) >= 11 is 5.81. The van der Waals surface area contributed by atoms with Crippen LogP contribution in [0.25, 0.3) is 0 Å². The highest BCUT2D eigenvalue weighted by atomic mass is 35.5. The van der Waals surface area contributed by atoms with E-state index in [2.05, 4.69) is 6.92 Å². The molecule has 0 saturated heterocycles. The Balaban J connectivity index is 2.95. The minimum absolute atomic E-state index is 0.00404. The molecule has 3 heteroatoms. The second-order valence-corrected chi connectivity index (χ2v) is 3.65. The van der Waals surface area contributed by atoms with Crippen LogP contribution in [0.15, 0.2) is 18.2 Å². The predicted molar refractivity (Wildman–Crippen MR) is 58.0 cm³/mol. The molecule has 0 bridgehead atoms. The fraction of sp³-hybridized carbons (Fsp3) is 0.364. The van der Waals surface area contributed by atoms with Gasteiger partial charge >= 0.3 is 0 Å². The van der Waals surface area contributed by atoms with E-state index in [1.165, 1.54) is 0 Å². The van der Waals surface area contributed by atoms with Crippen LogP contribution < -0.4 is 5.73 Å². The number of nitriles is 1. The first-order valence-corrected chi connectivity index (χ1v) is 5.02. The van der Waals surface area contributed by atoms with Gasteiger partial charge in [-0.15, -0.1) is 0 Å². The molecule has 1 aromatic rings. The van der Waals surface area contributed by atoms with Crippen molar-refractivity contribution in [2.75, 3.05) is 0 Å². The summed E-state index contributed by atoms with van der Waals surface area (Å²) in [4.78, 5) is 0. The molecule has 0 aliphatic rings. The molecule has 0 saturated carbocycles. The number of rotatable bonds is 3. The van der Waals surface area contributed by atoms with Crippen LogP contribution in [0.3, 0.4) is 0 Å². The zero-order valence-corrected chi connectivity index (χ0v) is 8.88. The summed E-state index contributed by atoms with van der Waals surface area (Å²) in [6, 6.07) is 7.42. The Hall–Kier alpha value is -1.04. The molecule has 74 valence electrons. The van der Waals surface area contributed by atoms with Crippen molar-refractivity contribution in [2.45, 2.75) is 25.8 Å². The topological polar surface area (TPSA) is 49.8 Å². The van der Waals surface area contributed by atoms with Gasteiger partial charge in [0.25, 0.3) is 0 Å². The van der Waals surface area contributed by atoms with Crippen LogP contribution in [0.5, 0.6) is 0 Å². The maximum atomic E-state index is 8.78. The highest BCUT2D eigenvalue weighted by Crippen LogP contribution is 2.22. The molecule has 1 aromatic carbocycles. The van der Waals surface area contributed by atoms with Gasteiger partial charge in [-0.1, -0.05) is 31.0 Å². The lowest BCUT2D eigenvalue weighted by Crippen LogP contribution is -2.09. The maximum Gasteiger partial charge on any atom is 0.101 e. The number of benzene rings is 1. The van der Waals surface area contributed by atoms with E-state index in [1.54, 1.807) is 12.1 Å². The van der Waals surface area contributed by atoms with Gasteiger partial charge in [-0.2, -0.15) is 5.26 Å². The van der Waals surface area contributed by atoms with Crippen LogP contribution in [0, 0.1) is 11.3 Å². The summed E-state index contributed by atoms with van der Waals surface area (Å²) in [6.07, 6.45) is 1.96. The standard InChI is InChI=1S/C11H13ClN2/c1-2-3-11(14)8-4-5-10(12)9(6-8)7-13/h4-6,11H,2-3,14H2,1H3/t11-/m1/s1. The van der Waals surface area contributed by atoms with Crippen molar-refractivity contribution in [2.24, 2.45) is 5.73 Å². The van der Waals surface area contributed by atoms with E-state index in [-0.39, 0.29) is 6.04 Å². The first-order chi connectivity index (χ1) is 6.69. The van der Waals surface area contributed by atoms with Crippen molar-refractivity contribution >= 4 is 11.6 Å². The minimum atomic E-state index is 0.00404. The van der Waals surface area contributed by atoms with Crippen molar-refractivity contribution < 1.29 is 0 Å². The van der Waals surface area contributed by atoms with Crippen LogP contribution in [-0.4, -0.2) is 0 Å². The highest BCUT2D eigenvalue weighted by Gasteiger charge is 2.07. The smallest absolute Gasteiger partial charge is 0.101 e. The van der Waals surface area contributed by atoms with Gasteiger partial charge in [0, 0.05) is 6.04 Å². The third-order valence-electron chi connectivity index (χ3n) is 2.14. The first-order valence-electron chi connectivity index (χ1n) is 4.64. The molecule has 0 radical (unpaired) electrons. The molecule has 1 atom stereocenters. The van der Waals surface area contributed by atoms with Crippen molar-refractivity contribution in [3.63, 3.8) is 0 Å². The quantitative estimate of drug-likeness (QED) is 0.830. The third-order valence-corrected chi connectivity index (χ3v) is 2.47. The van der Waals surface area contributed by atoms with Gasteiger partial charge < -0.3 is 5.73 Å². The van der Waals surface area contributed by atoms with Gasteiger partial charge in [-0.05, 0) is 24.1 Å². The van der Waals surface area contributed by atoms with Gasteiger partial charge in [0.1, 0.15) is 6.07 Å². The molecule has 2 N–H and O–H groups in total. The zero-order valence-electron chi connectivity index (χ0n) is 8.13. The molecule has 0 aliphatic carbocycles. The van der Waals surface area contributed by atoms with Gasteiger partial charge in [0.2, 0.25) is 0 Å². The summed E-state index contributed by atoms with van der Waals surface area (Å²) in [5.74, 6) is 0. The van der Waals surface area contributed by atoms with Crippen molar-refractivity contribution in [3.05, 3.63) is 34.3 Å². The second-order valence-electron chi connectivity index (χ2n) is 3.25. The summed E-state index contributed by atoms with van der Waals surface area (Å²) in [7, 11) is 0. The van der Waals surface area contributed by atoms with E-state index in [0.29, 0.717) is 10.6 Å². The Morgan fingerprint density at radius 2 is 2.29 bits per heavy atom. The van der Waals surface area contributed by atoms with E-state index >= 15 is 0 Å². The summed E-state index contributed by atoms with van der Waals surface area (Å²) in [5.41, 5.74) is 7.40. The number of nitrogens with zero attached hydrogens (tertiary/aromatic N) is 1. The lowest BCUT2D eigenvalue weighted by Gasteiger charge is -2.10. The Morgan fingerprint density at radius 1 is 1.57 bits per heavy atom. The number of halogens is 1. The van der Waals surface area contributed by atoms with E-state index < -0.39 is 0 Å². The van der Waals surface area contributed by atoms with Crippen molar-refractivity contribution in [1.29, 1.82) is 5.26 Å². The molecular weight excluding hydrogens is 196 g/mol. The Morgan fingerprint density at radius 3 is 2.86 bits per heavy atom. The monoisotopic (exact) mass is 208 g/mol. The molecule has 0 fully saturated rings. The summed E-state index contributed by atoms with van der Waals surface area (Å²) < 4.78 is 0. The zero-order chi connectivity index (χ0) is 10.6. The highest BCUT2D eigenvalue weighted by molar-refractivity contribution is 6.31. The molecule has 0 heterocycles. The molecule has 0 amide bonds. The number of nitrogens with two attached hydrogens (primary N) is 1. The van der Waals surface area contributed by atoms with Crippen molar-refractivity contribution in [1.82, 2.24) is 0 Å². The fourth-order valence-electron chi connectivity index (χ4n) is 1.34. The van der Waals surface area contributed by atoms with E-state index in [0.717, 1.165) is 18.4 Å². The molecular formula is C11H13ClN2. The molecule has 1 rings (SSSR count). The van der Waals surface area contributed by atoms with Crippen LogP contribution in [0.1, 0.15) is 36.9 Å². The van der Waals surface area contributed by atoms with E-state index in [4.69, 9.17) is 22.6 Å². The fourth-order valence-corrected chi connectivity index (χ4v) is 1.50. The maximum absolute atomic E-state index is 8.78. The number of hydrogen-bond acceptors (Lipinski definition) is 2. The lowest BCUT2D eigenvalue weighted by atomic mass is 10.0. The summed E-state index contributed by atoms with van der Waals surface area (Å²) in [5, 5.41) is 9.27. The average Bonchev–Trinajstić information content (AvgIpc) is 2.19. The summed E-state index contributed by atoms with van der Waals surface area (Å²) in [6.45, 7) is 2.08.